The van der Waals surface area contributed by atoms with Crippen LogP contribution in [-0.2, 0) is 16.1 Å². The molecule has 0 saturated carbocycles. The summed E-state index contributed by atoms with van der Waals surface area (Å²) in [5.74, 6) is -0.190. The first kappa shape index (κ1) is 22.3. The fraction of sp³-hybridized carbons (Fsp3) is 0.259. The van der Waals surface area contributed by atoms with E-state index >= 15 is 0 Å². The predicted molar refractivity (Wildman–Crippen MR) is 122 cm³/mol. The second kappa shape index (κ2) is 11.1. The van der Waals surface area contributed by atoms with E-state index in [1.54, 1.807) is 12.1 Å². The third-order valence-corrected chi connectivity index (χ3v) is 5.32. The van der Waals surface area contributed by atoms with E-state index in [1.807, 2.05) is 73.7 Å². The largest absolute Gasteiger partial charge is 0.508 e. The maximum Gasteiger partial charge on any atom is 0.306 e. The Balaban J connectivity index is 1.57. The van der Waals surface area contributed by atoms with Gasteiger partial charge in [0, 0.05) is 17.9 Å². The zero-order chi connectivity index (χ0) is 22.1. The van der Waals surface area contributed by atoms with E-state index in [0.717, 1.165) is 29.5 Å². The third-order valence-electron chi connectivity index (χ3n) is 5.32. The fourth-order valence-electron chi connectivity index (χ4n) is 3.57. The number of esters is 1. The summed E-state index contributed by atoms with van der Waals surface area (Å²) in [5.41, 5.74) is 3.56. The molecule has 1 N–H and O–H groups in total. The highest BCUT2D eigenvalue weighted by atomic mass is 16.5. The van der Waals surface area contributed by atoms with E-state index in [2.05, 4.69) is 0 Å². The van der Waals surface area contributed by atoms with Crippen LogP contribution >= 0.6 is 0 Å². The number of ketones is 1. The Bertz CT molecular complexity index is 976. The average molecular weight is 417 g/mol. The molecule has 0 spiro atoms. The van der Waals surface area contributed by atoms with Gasteiger partial charge in [-0.25, -0.2) is 0 Å². The molecule has 0 bridgehead atoms. The smallest absolute Gasteiger partial charge is 0.306 e. The van der Waals surface area contributed by atoms with Gasteiger partial charge < -0.3 is 9.84 Å². The van der Waals surface area contributed by atoms with Crippen LogP contribution in [0.15, 0.2) is 78.9 Å². The van der Waals surface area contributed by atoms with E-state index in [-0.39, 0.29) is 36.4 Å². The van der Waals surface area contributed by atoms with E-state index < -0.39 is 0 Å². The molecule has 0 aliphatic carbocycles. The van der Waals surface area contributed by atoms with Crippen LogP contribution in [0.3, 0.4) is 0 Å². The molecule has 0 heterocycles. The van der Waals surface area contributed by atoms with Crippen molar-refractivity contribution in [1.82, 2.24) is 0 Å². The van der Waals surface area contributed by atoms with Crippen LogP contribution < -0.4 is 0 Å². The van der Waals surface area contributed by atoms with Gasteiger partial charge in [0.2, 0.25) is 0 Å². The Labute approximate surface area is 183 Å². The van der Waals surface area contributed by atoms with Crippen molar-refractivity contribution in [2.24, 2.45) is 5.92 Å². The monoisotopic (exact) mass is 416 g/mol. The number of hydrogen-bond donors (Lipinski definition) is 1. The molecular weight excluding hydrogens is 388 g/mol. The van der Waals surface area contributed by atoms with E-state index in [9.17, 15) is 14.7 Å². The van der Waals surface area contributed by atoms with Crippen molar-refractivity contribution in [3.63, 3.8) is 0 Å². The first-order chi connectivity index (χ1) is 15.1. The first-order valence-electron chi connectivity index (χ1n) is 10.7. The molecule has 0 aromatic heterocycles. The lowest BCUT2D eigenvalue weighted by atomic mass is 9.89. The summed E-state index contributed by atoms with van der Waals surface area (Å²) in [6.07, 6.45) is 2.33. The summed E-state index contributed by atoms with van der Waals surface area (Å²) in [5, 5.41) is 9.44. The number of benzene rings is 3. The van der Waals surface area contributed by atoms with Crippen LogP contribution in [0.4, 0.5) is 0 Å². The molecule has 0 fully saturated rings. The molecule has 3 rings (SSSR count). The summed E-state index contributed by atoms with van der Waals surface area (Å²) in [6, 6.07) is 24.0. The molecule has 1 atom stereocenters. The number of aromatic hydroxyl groups is 1. The Morgan fingerprint density at radius 2 is 1.45 bits per heavy atom. The molecule has 0 amide bonds. The third kappa shape index (κ3) is 6.54. The lowest BCUT2D eigenvalue weighted by molar-refractivity contribution is -0.145. The minimum Gasteiger partial charge on any atom is -0.508 e. The van der Waals surface area contributed by atoms with Crippen LogP contribution in [0.2, 0.25) is 0 Å². The van der Waals surface area contributed by atoms with Gasteiger partial charge in [-0.05, 0) is 41.7 Å². The van der Waals surface area contributed by atoms with Crippen molar-refractivity contribution < 1.29 is 19.4 Å². The van der Waals surface area contributed by atoms with Gasteiger partial charge in [-0.15, -0.1) is 0 Å². The molecule has 31 heavy (non-hydrogen) atoms. The van der Waals surface area contributed by atoms with Crippen molar-refractivity contribution >= 4 is 11.8 Å². The standard InChI is InChI=1S/C27H28O4/c1-2-6-23(15-18-26(29)31-19-20-7-4-3-5-8-20)27(30)24-11-9-21(10-12-24)22-13-16-25(28)17-14-22/h3-5,7-14,16-17,23,28H,2,6,15,18-19H2,1H3. The maximum atomic E-state index is 13.0. The fourth-order valence-corrected chi connectivity index (χ4v) is 3.57. The van der Waals surface area contributed by atoms with E-state index in [1.165, 1.54) is 0 Å². The molecule has 1 unspecified atom stereocenters. The van der Waals surface area contributed by atoms with Crippen molar-refractivity contribution in [1.29, 1.82) is 0 Å². The van der Waals surface area contributed by atoms with Crippen molar-refractivity contribution in [3.8, 4) is 16.9 Å². The SMILES string of the molecule is CCCC(CCC(=O)OCc1ccccc1)C(=O)c1ccc(-c2ccc(O)cc2)cc1. The maximum absolute atomic E-state index is 13.0. The summed E-state index contributed by atoms with van der Waals surface area (Å²) >= 11 is 0. The first-order valence-corrected chi connectivity index (χ1v) is 10.7. The summed E-state index contributed by atoms with van der Waals surface area (Å²) in [4.78, 5) is 25.2. The van der Waals surface area contributed by atoms with Crippen molar-refractivity contribution in [3.05, 3.63) is 90.0 Å². The second-order valence-electron chi connectivity index (χ2n) is 7.66. The Morgan fingerprint density at radius 3 is 2.06 bits per heavy atom. The summed E-state index contributed by atoms with van der Waals surface area (Å²) < 4.78 is 5.35. The number of phenols is 1. The Morgan fingerprint density at radius 1 is 0.839 bits per heavy atom. The van der Waals surface area contributed by atoms with Gasteiger partial charge >= 0.3 is 5.97 Å². The normalized spacial score (nSPS) is 11.6. The van der Waals surface area contributed by atoms with Gasteiger partial charge in [0.25, 0.3) is 0 Å². The second-order valence-corrected chi connectivity index (χ2v) is 7.66. The average Bonchev–Trinajstić information content (AvgIpc) is 2.81. The number of ether oxygens (including phenoxy) is 1. The number of phenolic OH excluding ortho intramolecular Hbond substituents is 1. The number of carbonyl (C=O) groups excluding carboxylic acids is 2. The zero-order valence-electron chi connectivity index (χ0n) is 17.8. The van der Waals surface area contributed by atoms with Gasteiger partial charge in [-0.2, -0.15) is 0 Å². The summed E-state index contributed by atoms with van der Waals surface area (Å²) in [7, 11) is 0. The number of rotatable bonds is 10. The molecule has 3 aromatic carbocycles. The predicted octanol–water partition coefficient (Wildman–Crippen LogP) is 6.18. The van der Waals surface area contributed by atoms with Gasteiger partial charge in [-0.1, -0.05) is 80.1 Å². The number of Topliss-reactive ketones (excluding diaryl/α,β-unsaturated/α-hetero) is 1. The highest BCUT2D eigenvalue weighted by molar-refractivity contribution is 5.98. The van der Waals surface area contributed by atoms with Crippen molar-refractivity contribution in [2.45, 2.75) is 39.2 Å². The van der Waals surface area contributed by atoms with E-state index in [0.29, 0.717) is 12.0 Å². The molecule has 4 nitrogen and oxygen atoms in total. The highest BCUT2D eigenvalue weighted by Gasteiger charge is 2.21. The Kier molecular flexibility index (Phi) is 7.99. The topological polar surface area (TPSA) is 63.6 Å². The van der Waals surface area contributed by atoms with Gasteiger partial charge in [0.05, 0.1) is 0 Å². The lowest BCUT2D eigenvalue weighted by Gasteiger charge is -2.15. The molecule has 160 valence electrons. The minimum atomic E-state index is -0.277. The quantitative estimate of drug-likeness (QED) is 0.316. The molecule has 0 saturated heterocycles. The zero-order valence-corrected chi connectivity index (χ0v) is 17.8. The molecule has 0 aliphatic heterocycles. The van der Waals surface area contributed by atoms with Crippen LogP contribution in [0.25, 0.3) is 11.1 Å². The van der Waals surface area contributed by atoms with Crippen LogP contribution in [0, 0.1) is 5.92 Å². The summed E-state index contributed by atoms with van der Waals surface area (Å²) in [6.45, 7) is 2.30. The van der Waals surface area contributed by atoms with Gasteiger partial charge in [0.1, 0.15) is 12.4 Å². The minimum absolute atomic E-state index is 0.0648. The van der Waals surface area contributed by atoms with Gasteiger partial charge in [0.15, 0.2) is 5.78 Å². The molecule has 0 aliphatic rings. The van der Waals surface area contributed by atoms with Crippen LogP contribution in [0.1, 0.15) is 48.5 Å². The Hall–Kier alpha value is -3.40. The molecule has 0 radical (unpaired) electrons. The lowest BCUT2D eigenvalue weighted by Crippen LogP contribution is -2.17. The molecular formula is C27H28O4. The highest BCUT2D eigenvalue weighted by Crippen LogP contribution is 2.25. The molecule has 3 aromatic rings. The van der Waals surface area contributed by atoms with Crippen LogP contribution in [0.5, 0.6) is 5.75 Å². The van der Waals surface area contributed by atoms with E-state index in [4.69, 9.17) is 4.74 Å². The van der Waals surface area contributed by atoms with Crippen molar-refractivity contribution in [2.75, 3.05) is 0 Å². The van der Waals surface area contributed by atoms with Crippen LogP contribution in [-0.4, -0.2) is 16.9 Å². The molecule has 4 heteroatoms. The number of hydrogen-bond acceptors (Lipinski definition) is 4. The number of carbonyl (C=O) groups is 2. The van der Waals surface area contributed by atoms with Gasteiger partial charge in [-0.3, -0.25) is 9.59 Å².